The Hall–Kier alpha value is -1.04. The van der Waals surface area contributed by atoms with Gasteiger partial charge in [-0.3, -0.25) is 4.55 Å². The van der Waals surface area contributed by atoms with E-state index >= 15 is 0 Å². The molecule has 0 saturated carbocycles. The molecule has 1 aliphatic heterocycles. The van der Waals surface area contributed by atoms with Crippen molar-refractivity contribution >= 4 is 32.7 Å². The zero-order valence-corrected chi connectivity index (χ0v) is 10.5. The molecule has 2 aromatic carbocycles. The number of fused-ring (bicyclic) bond motifs is 2. The summed E-state index contributed by atoms with van der Waals surface area (Å²) in [5, 5.41) is 2.10. The lowest BCUT2D eigenvalue weighted by atomic mass is 10.0. The Morgan fingerprint density at radius 2 is 1.82 bits per heavy atom. The van der Waals surface area contributed by atoms with E-state index in [4.69, 9.17) is 0 Å². The summed E-state index contributed by atoms with van der Waals surface area (Å²) in [7, 11) is -4.02. The predicted octanol–water partition coefficient (Wildman–Crippen LogP) is 2.97. The van der Waals surface area contributed by atoms with E-state index in [9.17, 15) is 13.0 Å². The summed E-state index contributed by atoms with van der Waals surface area (Å²) in [4.78, 5) is 0. The fraction of sp³-hybridized carbons (Fsp3) is 0.167. The summed E-state index contributed by atoms with van der Waals surface area (Å²) in [5.41, 5.74) is 1.72. The lowest BCUT2D eigenvalue weighted by molar-refractivity contribution is 0.481. The first kappa shape index (κ1) is 11.1. The number of rotatable bonds is 1. The van der Waals surface area contributed by atoms with Crippen molar-refractivity contribution in [2.75, 3.05) is 0 Å². The topological polar surface area (TPSA) is 54.4 Å². The van der Waals surface area contributed by atoms with Gasteiger partial charge in [0.1, 0.15) is 0 Å². The van der Waals surface area contributed by atoms with Gasteiger partial charge in [-0.25, -0.2) is 0 Å². The van der Waals surface area contributed by atoms with Crippen LogP contribution < -0.4 is 0 Å². The molecule has 1 aliphatic rings. The van der Waals surface area contributed by atoms with Crippen LogP contribution in [0.1, 0.15) is 15.7 Å². The van der Waals surface area contributed by atoms with E-state index in [1.165, 1.54) is 11.8 Å². The minimum Gasteiger partial charge on any atom is -0.284 e. The summed E-state index contributed by atoms with van der Waals surface area (Å²) < 4.78 is 30.9. The van der Waals surface area contributed by atoms with E-state index in [0.717, 1.165) is 21.9 Å². The summed E-state index contributed by atoms with van der Waals surface area (Å²) in [5.74, 6) is 0.630. The van der Waals surface area contributed by atoms with Crippen LogP contribution in [0.5, 0.6) is 0 Å². The molecule has 2 aromatic rings. The van der Waals surface area contributed by atoms with Crippen LogP contribution in [0.3, 0.4) is 0 Å². The van der Waals surface area contributed by atoms with Gasteiger partial charge < -0.3 is 0 Å². The Morgan fingerprint density at radius 1 is 1.18 bits per heavy atom. The molecule has 0 saturated heterocycles. The maximum absolute atomic E-state index is 11.3. The highest BCUT2D eigenvalue weighted by molar-refractivity contribution is 8.10. The Morgan fingerprint density at radius 3 is 2.47 bits per heavy atom. The molecule has 1 heterocycles. The number of hydrogen-bond acceptors (Lipinski definition) is 3. The van der Waals surface area contributed by atoms with E-state index < -0.39 is 14.7 Å². The molecule has 1 atom stereocenters. The van der Waals surface area contributed by atoms with Crippen molar-refractivity contribution in [3.05, 3.63) is 47.5 Å². The van der Waals surface area contributed by atoms with Crippen LogP contribution in [0, 0.1) is 0 Å². The molecular weight excluding hydrogens is 256 g/mol. The zero-order valence-electron chi connectivity index (χ0n) is 8.83. The molecule has 0 spiro atoms. The van der Waals surface area contributed by atoms with Gasteiger partial charge in [-0.15, -0.1) is 11.8 Å². The van der Waals surface area contributed by atoms with E-state index in [0.29, 0.717) is 5.75 Å². The molecule has 0 aliphatic carbocycles. The zero-order chi connectivity index (χ0) is 12.0. The predicted molar refractivity (Wildman–Crippen MR) is 69.5 cm³/mol. The molecule has 3 nitrogen and oxygen atoms in total. The van der Waals surface area contributed by atoms with E-state index in [1.807, 2.05) is 36.4 Å². The lowest BCUT2D eigenvalue weighted by Gasteiger charge is -2.08. The van der Waals surface area contributed by atoms with Crippen molar-refractivity contribution in [2.45, 2.75) is 10.3 Å². The van der Waals surface area contributed by atoms with Crippen LogP contribution in [0.15, 0.2) is 36.4 Å². The molecule has 0 bridgehead atoms. The fourth-order valence-corrected chi connectivity index (χ4v) is 4.56. The third kappa shape index (κ3) is 1.84. The van der Waals surface area contributed by atoms with Gasteiger partial charge in [0.05, 0.1) is 0 Å². The summed E-state index contributed by atoms with van der Waals surface area (Å²) in [6.45, 7) is 0. The van der Waals surface area contributed by atoms with Gasteiger partial charge in [0.2, 0.25) is 0 Å². The minimum absolute atomic E-state index is 0.630. The Kier molecular flexibility index (Phi) is 2.43. The summed E-state index contributed by atoms with van der Waals surface area (Å²) in [6, 6.07) is 11.7. The highest BCUT2D eigenvalue weighted by atomic mass is 32.3. The van der Waals surface area contributed by atoms with Gasteiger partial charge in [0.25, 0.3) is 10.1 Å². The van der Waals surface area contributed by atoms with Gasteiger partial charge in [0, 0.05) is 5.75 Å². The van der Waals surface area contributed by atoms with Gasteiger partial charge in [-0.1, -0.05) is 24.3 Å². The maximum Gasteiger partial charge on any atom is 0.281 e. The average Bonchev–Trinajstić information content (AvgIpc) is 2.68. The van der Waals surface area contributed by atoms with Gasteiger partial charge in [0.15, 0.2) is 4.58 Å². The quantitative estimate of drug-likeness (QED) is 0.806. The molecule has 0 aromatic heterocycles. The second-order valence-electron chi connectivity index (χ2n) is 4.06. The van der Waals surface area contributed by atoms with Crippen LogP contribution in [0.2, 0.25) is 0 Å². The minimum atomic E-state index is -4.02. The van der Waals surface area contributed by atoms with Crippen molar-refractivity contribution in [1.29, 1.82) is 0 Å². The molecule has 3 rings (SSSR count). The summed E-state index contributed by atoms with van der Waals surface area (Å²) >= 11 is 1.25. The molecule has 0 fully saturated rings. The van der Waals surface area contributed by atoms with E-state index in [1.54, 1.807) is 0 Å². The maximum atomic E-state index is 11.3. The standard InChI is InChI=1S/C12H10O3S2/c13-17(14,15)12-11-6-9-4-2-1-3-8(9)5-10(11)7-16-12/h1-6,12H,7H2,(H,13,14,15). The van der Waals surface area contributed by atoms with Crippen molar-refractivity contribution in [3.63, 3.8) is 0 Å². The normalized spacial score (nSPS) is 19.5. The SMILES string of the molecule is O=S(=O)(O)C1SCc2cc3ccccc3cc21. The van der Waals surface area contributed by atoms with Gasteiger partial charge in [-0.05, 0) is 34.0 Å². The number of hydrogen-bond donors (Lipinski definition) is 1. The van der Waals surface area contributed by atoms with E-state index in [-0.39, 0.29) is 0 Å². The highest BCUT2D eigenvalue weighted by Crippen LogP contribution is 2.45. The van der Waals surface area contributed by atoms with Crippen molar-refractivity contribution < 1.29 is 13.0 Å². The lowest BCUT2D eigenvalue weighted by Crippen LogP contribution is -2.06. The Balaban J connectivity index is 2.25. The van der Waals surface area contributed by atoms with E-state index in [2.05, 4.69) is 0 Å². The Labute approximate surface area is 104 Å². The molecule has 17 heavy (non-hydrogen) atoms. The van der Waals surface area contributed by atoms with Gasteiger partial charge >= 0.3 is 0 Å². The molecule has 0 amide bonds. The van der Waals surface area contributed by atoms with Crippen molar-refractivity contribution in [3.8, 4) is 0 Å². The van der Waals surface area contributed by atoms with Crippen LogP contribution in [0.4, 0.5) is 0 Å². The Bertz CT molecular complexity index is 692. The van der Waals surface area contributed by atoms with Crippen LogP contribution >= 0.6 is 11.8 Å². The monoisotopic (exact) mass is 266 g/mol. The van der Waals surface area contributed by atoms with Crippen molar-refractivity contribution in [2.24, 2.45) is 0 Å². The highest BCUT2D eigenvalue weighted by Gasteiger charge is 2.33. The molecule has 88 valence electrons. The number of thioether (sulfide) groups is 1. The molecular formula is C12H10O3S2. The second kappa shape index (κ2) is 3.73. The largest absolute Gasteiger partial charge is 0.284 e. The first-order chi connectivity index (χ1) is 8.05. The second-order valence-corrected chi connectivity index (χ2v) is 6.95. The smallest absolute Gasteiger partial charge is 0.281 e. The third-order valence-electron chi connectivity index (χ3n) is 2.92. The molecule has 5 heteroatoms. The van der Waals surface area contributed by atoms with Crippen LogP contribution in [-0.2, 0) is 15.9 Å². The van der Waals surface area contributed by atoms with Crippen molar-refractivity contribution in [1.82, 2.24) is 0 Å². The average molecular weight is 266 g/mol. The molecule has 1 unspecified atom stereocenters. The first-order valence-electron chi connectivity index (χ1n) is 5.15. The third-order valence-corrected chi connectivity index (χ3v) is 5.89. The van der Waals surface area contributed by atoms with Gasteiger partial charge in [-0.2, -0.15) is 8.42 Å². The molecule has 1 N–H and O–H groups in total. The van der Waals surface area contributed by atoms with Crippen LogP contribution in [0.25, 0.3) is 10.8 Å². The fourth-order valence-electron chi connectivity index (χ4n) is 2.15. The number of benzene rings is 2. The van der Waals surface area contributed by atoms with Crippen LogP contribution in [-0.4, -0.2) is 13.0 Å². The summed E-state index contributed by atoms with van der Waals surface area (Å²) in [6.07, 6.45) is 0. The first-order valence-corrected chi connectivity index (χ1v) is 7.70. The molecule has 0 radical (unpaired) electrons.